The maximum absolute atomic E-state index is 12.2. The van der Waals surface area contributed by atoms with E-state index in [1.54, 1.807) is 12.1 Å². The van der Waals surface area contributed by atoms with Crippen LogP contribution in [0.25, 0.3) is 0 Å². The summed E-state index contributed by atoms with van der Waals surface area (Å²) in [4.78, 5) is 28.3. The number of nitrogens with one attached hydrogen (secondary N) is 3. The largest absolute Gasteiger partial charge is 0.319 e. The fraction of sp³-hybridized carbons (Fsp3) is 0.111. The summed E-state index contributed by atoms with van der Waals surface area (Å²) in [6.45, 7) is 3.86. The highest BCUT2D eigenvalue weighted by Gasteiger charge is 2.17. The van der Waals surface area contributed by atoms with Gasteiger partial charge in [-0.2, -0.15) is 4.98 Å². The lowest BCUT2D eigenvalue weighted by molar-refractivity contribution is 0.101. The van der Waals surface area contributed by atoms with Crippen molar-refractivity contribution in [2.24, 2.45) is 0 Å². The van der Waals surface area contributed by atoms with E-state index in [-0.39, 0.29) is 11.6 Å². The number of hydrogen-bond acceptors (Lipinski definition) is 4. The maximum Gasteiger partial charge on any atom is 0.295 e. The first-order valence-electron chi connectivity index (χ1n) is 7.70. The Hall–Kier alpha value is -3.48. The molecule has 0 spiro atoms. The van der Waals surface area contributed by atoms with Crippen LogP contribution in [0.5, 0.6) is 0 Å². The van der Waals surface area contributed by atoms with Crippen LogP contribution >= 0.6 is 0 Å². The standard InChI is InChI=1S/C18H17N5O2/c1-11-5-3-7-13(9-11)19-17(24)15-21-16(23-22-15)18(25)20-14-8-4-6-12(2)10-14/h3-10H,1-2H3,(H,19,24)(H,20,25)(H,21,22,23). The van der Waals surface area contributed by atoms with Crippen molar-refractivity contribution in [3.63, 3.8) is 0 Å². The number of aromatic amines is 1. The first kappa shape index (κ1) is 16.4. The quantitative estimate of drug-likeness (QED) is 0.682. The van der Waals surface area contributed by atoms with Gasteiger partial charge in [0.1, 0.15) is 0 Å². The molecule has 2 aromatic carbocycles. The normalized spacial score (nSPS) is 10.3. The summed E-state index contributed by atoms with van der Waals surface area (Å²) in [6, 6.07) is 14.7. The summed E-state index contributed by atoms with van der Waals surface area (Å²) < 4.78 is 0. The molecule has 0 aliphatic rings. The van der Waals surface area contributed by atoms with Crippen molar-refractivity contribution >= 4 is 23.2 Å². The van der Waals surface area contributed by atoms with Crippen molar-refractivity contribution < 1.29 is 9.59 Å². The SMILES string of the molecule is Cc1cccc(NC(=O)c2n[nH]c(C(=O)Nc3cccc(C)c3)n2)c1. The van der Waals surface area contributed by atoms with Crippen LogP contribution in [0.1, 0.15) is 32.4 Å². The van der Waals surface area contributed by atoms with E-state index in [1.807, 2.05) is 50.2 Å². The molecule has 0 fully saturated rings. The van der Waals surface area contributed by atoms with E-state index < -0.39 is 11.8 Å². The number of aryl methyl sites for hydroxylation is 2. The first-order chi connectivity index (χ1) is 12.0. The zero-order chi connectivity index (χ0) is 17.8. The monoisotopic (exact) mass is 335 g/mol. The predicted molar refractivity (Wildman–Crippen MR) is 94.6 cm³/mol. The van der Waals surface area contributed by atoms with Gasteiger partial charge in [-0.25, -0.2) is 0 Å². The number of benzene rings is 2. The van der Waals surface area contributed by atoms with Gasteiger partial charge in [0.15, 0.2) is 0 Å². The van der Waals surface area contributed by atoms with Gasteiger partial charge in [-0.3, -0.25) is 14.7 Å². The highest BCUT2D eigenvalue weighted by atomic mass is 16.2. The molecular weight excluding hydrogens is 318 g/mol. The lowest BCUT2D eigenvalue weighted by Crippen LogP contribution is -2.16. The molecule has 0 saturated heterocycles. The maximum atomic E-state index is 12.2. The van der Waals surface area contributed by atoms with Crippen LogP contribution < -0.4 is 10.6 Å². The van der Waals surface area contributed by atoms with Crippen LogP contribution in [0, 0.1) is 13.8 Å². The van der Waals surface area contributed by atoms with E-state index in [2.05, 4.69) is 25.8 Å². The Balaban J connectivity index is 1.69. The number of anilines is 2. The summed E-state index contributed by atoms with van der Waals surface area (Å²) >= 11 is 0. The zero-order valence-electron chi connectivity index (χ0n) is 13.8. The molecule has 0 bridgehead atoms. The molecule has 2 amide bonds. The molecule has 0 atom stereocenters. The molecule has 1 aromatic heterocycles. The van der Waals surface area contributed by atoms with Crippen molar-refractivity contribution in [2.75, 3.05) is 10.6 Å². The Morgan fingerprint density at radius 3 is 2.00 bits per heavy atom. The lowest BCUT2D eigenvalue weighted by atomic mass is 10.2. The van der Waals surface area contributed by atoms with Gasteiger partial charge in [0.25, 0.3) is 11.8 Å². The van der Waals surface area contributed by atoms with Crippen LogP contribution in [-0.2, 0) is 0 Å². The minimum Gasteiger partial charge on any atom is -0.319 e. The Labute approximate surface area is 144 Å². The summed E-state index contributed by atoms with van der Waals surface area (Å²) in [5.41, 5.74) is 3.33. The number of nitrogens with zero attached hydrogens (tertiary/aromatic N) is 2. The Morgan fingerprint density at radius 1 is 0.880 bits per heavy atom. The van der Waals surface area contributed by atoms with E-state index in [0.29, 0.717) is 11.4 Å². The topological polar surface area (TPSA) is 99.8 Å². The van der Waals surface area contributed by atoms with E-state index in [0.717, 1.165) is 11.1 Å². The summed E-state index contributed by atoms with van der Waals surface area (Å²) in [7, 11) is 0. The second-order valence-electron chi connectivity index (χ2n) is 5.65. The highest BCUT2D eigenvalue weighted by Crippen LogP contribution is 2.12. The summed E-state index contributed by atoms with van der Waals surface area (Å²) in [6.07, 6.45) is 0. The molecule has 7 nitrogen and oxygen atoms in total. The average Bonchev–Trinajstić information content (AvgIpc) is 3.05. The molecular formula is C18H17N5O2. The Kier molecular flexibility index (Phi) is 4.56. The fourth-order valence-corrected chi connectivity index (χ4v) is 2.29. The minimum atomic E-state index is -0.489. The van der Waals surface area contributed by atoms with Crippen molar-refractivity contribution in [2.45, 2.75) is 13.8 Å². The van der Waals surface area contributed by atoms with Gasteiger partial charge in [-0.05, 0) is 49.2 Å². The van der Waals surface area contributed by atoms with Crippen molar-refractivity contribution in [1.82, 2.24) is 15.2 Å². The lowest BCUT2D eigenvalue weighted by Gasteiger charge is -2.03. The Morgan fingerprint density at radius 2 is 1.44 bits per heavy atom. The molecule has 0 radical (unpaired) electrons. The highest BCUT2D eigenvalue weighted by molar-refractivity contribution is 6.04. The molecule has 7 heteroatoms. The fourth-order valence-electron chi connectivity index (χ4n) is 2.29. The van der Waals surface area contributed by atoms with Crippen molar-refractivity contribution in [3.8, 4) is 0 Å². The second-order valence-corrected chi connectivity index (χ2v) is 5.65. The van der Waals surface area contributed by atoms with Gasteiger partial charge in [-0.1, -0.05) is 24.3 Å². The van der Waals surface area contributed by atoms with Gasteiger partial charge < -0.3 is 10.6 Å². The van der Waals surface area contributed by atoms with Crippen molar-refractivity contribution in [3.05, 3.63) is 71.3 Å². The number of rotatable bonds is 4. The van der Waals surface area contributed by atoms with Crippen molar-refractivity contribution in [1.29, 1.82) is 0 Å². The number of amides is 2. The average molecular weight is 335 g/mol. The van der Waals surface area contributed by atoms with Crippen LogP contribution in [0.3, 0.4) is 0 Å². The smallest absolute Gasteiger partial charge is 0.295 e. The number of carbonyl (C=O) groups excluding carboxylic acids is 2. The molecule has 3 aromatic rings. The van der Waals surface area contributed by atoms with Crippen LogP contribution in [0.2, 0.25) is 0 Å². The number of carbonyl (C=O) groups is 2. The molecule has 0 saturated carbocycles. The van der Waals surface area contributed by atoms with Gasteiger partial charge in [-0.15, -0.1) is 5.10 Å². The molecule has 25 heavy (non-hydrogen) atoms. The molecule has 126 valence electrons. The molecule has 1 heterocycles. The molecule has 3 rings (SSSR count). The molecule has 0 aliphatic carbocycles. The van der Waals surface area contributed by atoms with Gasteiger partial charge in [0, 0.05) is 11.4 Å². The predicted octanol–water partition coefficient (Wildman–Crippen LogP) is 2.93. The number of aromatic nitrogens is 3. The Bertz CT molecular complexity index is 858. The number of H-pyrrole nitrogens is 1. The molecule has 3 N–H and O–H groups in total. The second kappa shape index (κ2) is 6.96. The third-order valence-corrected chi connectivity index (χ3v) is 3.46. The van der Waals surface area contributed by atoms with Crippen LogP contribution in [-0.4, -0.2) is 27.0 Å². The van der Waals surface area contributed by atoms with Crippen LogP contribution in [0.15, 0.2) is 48.5 Å². The van der Waals surface area contributed by atoms with E-state index in [1.165, 1.54) is 0 Å². The van der Waals surface area contributed by atoms with E-state index in [9.17, 15) is 9.59 Å². The third-order valence-electron chi connectivity index (χ3n) is 3.46. The minimum absolute atomic E-state index is 0.0316. The van der Waals surface area contributed by atoms with Gasteiger partial charge in [0.05, 0.1) is 0 Å². The zero-order valence-corrected chi connectivity index (χ0v) is 13.8. The van der Waals surface area contributed by atoms with E-state index in [4.69, 9.17) is 0 Å². The number of hydrogen-bond donors (Lipinski definition) is 3. The van der Waals surface area contributed by atoms with Crippen LogP contribution in [0.4, 0.5) is 11.4 Å². The molecule has 0 unspecified atom stereocenters. The summed E-state index contributed by atoms with van der Waals surface area (Å²) in [5.74, 6) is -1.09. The van der Waals surface area contributed by atoms with Gasteiger partial charge in [0.2, 0.25) is 11.6 Å². The third kappa shape index (κ3) is 4.08. The van der Waals surface area contributed by atoms with E-state index >= 15 is 0 Å². The first-order valence-corrected chi connectivity index (χ1v) is 7.70. The summed E-state index contributed by atoms with van der Waals surface area (Å²) in [5, 5.41) is 11.7. The van der Waals surface area contributed by atoms with Gasteiger partial charge >= 0.3 is 0 Å². The molecule has 0 aliphatic heterocycles.